The highest BCUT2D eigenvalue weighted by molar-refractivity contribution is 6.15. The van der Waals surface area contributed by atoms with Crippen molar-refractivity contribution in [1.29, 1.82) is 0 Å². The molecule has 3 amide bonds. The SMILES string of the molecule is CCCCCCCCN1C(=O)NC(=O)C1=C(OC)c1ccccc1OC. The topological polar surface area (TPSA) is 67.9 Å². The number of imide groups is 1. The average Bonchev–Trinajstić information content (AvgIpc) is 2.93. The van der Waals surface area contributed by atoms with Gasteiger partial charge in [0.1, 0.15) is 5.75 Å². The van der Waals surface area contributed by atoms with Gasteiger partial charge >= 0.3 is 6.03 Å². The molecule has 0 aliphatic carbocycles. The average molecular weight is 360 g/mol. The minimum Gasteiger partial charge on any atom is -0.496 e. The molecule has 142 valence electrons. The van der Waals surface area contributed by atoms with Crippen molar-refractivity contribution < 1.29 is 19.1 Å². The highest BCUT2D eigenvalue weighted by Crippen LogP contribution is 2.31. The molecule has 26 heavy (non-hydrogen) atoms. The van der Waals surface area contributed by atoms with E-state index in [9.17, 15) is 9.59 Å². The van der Waals surface area contributed by atoms with Crippen LogP contribution in [0.25, 0.3) is 5.76 Å². The third kappa shape index (κ3) is 4.56. The van der Waals surface area contributed by atoms with Gasteiger partial charge in [0.25, 0.3) is 5.91 Å². The van der Waals surface area contributed by atoms with Crippen LogP contribution in [-0.4, -0.2) is 37.6 Å². The Hall–Kier alpha value is -2.50. The largest absolute Gasteiger partial charge is 0.496 e. The number of nitrogens with zero attached hydrogens (tertiary/aromatic N) is 1. The number of urea groups is 1. The van der Waals surface area contributed by atoms with Gasteiger partial charge in [-0.3, -0.25) is 15.0 Å². The fourth-order valence-electron chi connectivity index (χ4n) is 3.10. The zero-order chi connectivity index (χ0) is 18.9. The third-order valence-corrected chi connectivity index (χ3v) is 4.46. The minimum absolute atomic E-state index is 0.246. The second-order valence-corrected chi connectivity index (χ2v) is 6.26. The zero-order valence-corrected chi connectivity index (χ0v) is 15.8. The lowest BCUT2D eigenvalue weighted by molar-refractivity contribution is -0.116. The van der Waals surface area contributed by atoms with Crippen molar-refractivity contribution in [3.05, 3.63) is 35.5 Å². The quantitative estimate of drug-likeness (QED) is 0.297. The Kier molecular flexibility index (Phi) is 7.51. The monoisotopic (exact) mass is 360 g/mol. The van der Waals surface area contributed by atoms with E-state index in [0.717, 1.165) is 19.3 Å². The maximum atomic E-state index is 12.4. The Balaban J connectivity index is 2.22. The fourth-order valence-corrected chi connectivity index (χ4v) is 3.10. The molecule has 1 aliphatic heterocycles. The van der Waals surface area contributed by atoms with E-state index < -0.39 is 11.9 Å². The molecular weight excluding hydrogens is 332 g/mol. The Bertz CT molecular complexity index is 670. The molecule has 0 unspecified atom stereocenters. The molecule has 0 spiro atoms. The maximum Gasteiger partial charge on any atom is 0.329 e. The Morgan fingerprint density at radius 3 is 2.42 bits per heavy atom. The van der Waals surface area contributed by atoms with Gasteiger partial charge in [-0.05, 0) is 18.6 Å². The van der Waals surface area contributed by atoms with E-state index in [1.165, 1.54) is 31.3 Å². The van der Waals surface area contributed by atoms with Crippen LogP contribution in [0.3, 0.4) is 0 Å². The lowest BCUT2D eigenvalue weighted by Gasteiger charge is -2.19. The number of nitrogens with one attached hydrogen (secondary N) is 1. The molecule has 1 aromatic carbocycles. The number of ether oxygens (including phenoxy) is 2. The minimum atomic E-state index is -0.441. The molecule has 1 heterocycles. The van der Waals surface area contributed by atoms with Crippen molar-refractivity contribution in [3.63, 3.8) is 0 Å². The molecule has 0 saturated carbocycles. The van der Waals surface area contributed by atoms with Crippen LogP contribution in [0, 0.1) is 0 Å². The van der Waals surface area contributed by atoms with Crippen LogP contribution in [0.5, 0.6) is 5.75 Å². The summed E-state index contributed by atoms with van der Waals surface area (Å²) in [5, 5.41) is 2.37. The Morgan fingerprint density at radius 1 is 1.04 bits per heavy atom. The van der Waals surface area contributed by atoms with Crippen LogP contribution in [0.2, 0.25) is 0 Å². The van der Waals surface area contributed by atoms with Gasteiger partial charge in [-0.25, -0.2) is 4.79 Å². The summed E-state index contributed by atoms with van der Waals surface area (Å²) in [6.45, 7) is 2.67. The highest BCUT2D eigenvalue weighted by Gasteiger charge is 2.37. The standard InChI is InChI=1S/C20H28N2O4/c1-4-5-6-7-8-11-14-22-17(19(23)21-20(22)24)18(26-3)15-12-9-10-13-16(15)25-2/h9-10,12-13H,4-8,11,14H2,1-3H3,(H,21,23,24). The smallest absolute Gasteiger partial charge is 0.329 e. The fraction of sp³-hybridized carbons (Fsp3) is 0.500. The molecule has 6 heteroatoms. The summed E-state index contributed by atoms with van der Waals surface area (Å²) in [4.78, 5) is 26.1. The number of amides is 3. The number of hydrogen-bond acceptors (Lipinski definition) is 4. The van der Waals surface area contributed by atoms with Crippen molar-refractivity contribution in [2.45, 2.75) is 45.4 Å². The van der Waals surface area contributed by atoms with Crippen molar-refractivity contribution in [2.24, 2.45) is 0 Å². The molecule has 0 aromatic heterocycles. The Labute approximate surface area is 155 Å². The molecule has 1 fully saturated rings. The number of benzene rings is 1. The van der Waals surface area contributed by atoms with Crippen LogP contribution < -0.4 is 10.1 Å². The third-order valence-electron chi connectivity index (χ3n) is 4.46. The number of carbonyl (C=O) groups is 2. The number of unbranched alkanes of at least 4 members (excludes halogenated alkanes) is 5. The summed E-state index contributed by atoms with van der Waals surface area (Å²) < 4.78 is 10.9. The lowest BCUT2D eigenvalue weighted by Crippen LogP contribution is -2.29. The van der Waals surface area contributed by atoms with E-state index in [-0.39, 0.29) is 5.70 Å². The zero-order valence-electron chi connectivity index (χ0n) is 15.8. The van der Waals surface area contributed by atoms with Gasteiger partial charge in [0, 0.05) is 6.54 Å². The van der Waals surface area contributed by atoms with Crippen molar-refractivity contribution in [3.8, 4) is 5.75 Å². The van der Waals surface area contributed by atoms with Crippen LogP contribution in [0.1, 0.15) is 51.0 Å². The van der Waals surface area contributed by atoms with Gasteiger partial charge in [-0.15, -0.1) is 0 Å². The van der Waals surface area contributed by atoms with Crippen LogP contribution >= 0.6 is 0 Å². The van der Waals surface area contributed by atoms with Crippen LogP contribution in [0.15, 0.2) is 30.0 Å². The molecule has 0 radical (unpaired) electrons. The van der Waals surface area contributed by atoms with Crippen molar-refractivity contribution in [1.82, 2.24) is 10.2 Å². The molecule has 1 aliphatic rings. The summed E-state index contributed by atoms with van der Waals surface area (Å²) in [5.41, 5.74) is 0.890. The van der Waals surface area contributed by atoms with Gasteiger partial charge in [0.05, 0.1) is 19.8 Å². The summed E-state index contributed by atoms with van der Waals surface area (Å²) in [5.74, 6) is 0.490. The molecule has 6 nitrogen and oxygen atoms in total. The summed E-state index contributed by atoms with van der Waals surface area (Å²) >= 11 is 0. The maximum absolute atomic E-state index is 12.4. The second kappa shape index (κ2) is 9.85. The van der Waals surface area contributed by atoms with E-state index in [0.29, 0.717) is 23.6 Å². The van der Waals surface area contributed by atoms with E-state index in [4.69, 9.17) is 9.47 Å². The molecule has 1 N–H and O–H groups in total. The molecule has 1 aromatic rings. The molecule has 0 bridgehead atoms. The van der Waals surface area contributed by atoms with E-state index in [2.05, 4.69) is 12.2 Å². The highest BCUT2D eigenvalue weighted by atomic mass is 16.5. The van der Waals surface area contributed by atoms with E-state index >= 15 is 0 Å². The van der Waals surface area contributed by atoms with Crippen molar-refractivity contribution in [2.75, 3.05) is 20.8 Å². The summed E-state index contributed by atoms with van der Waals surface area (Å²) in [6, 6.07) is 6.88. The second-order valence-electron chi connectivity index (χ2n) is 6.26. The summed E-state index contributed by atoms with van der Waals surface area (Å²) in [7, 11) is 3.05. The predicted molar refractivity (Wildman–Crippen MR) is 101 cm³/mol. The normalized spacial score (nSPS) is 15.9. The van der Waals surface area contributed by atoms with Gasteiger partial charge in [0.15, 0.2) is 11.5 Å². The molecule has 1 saturated heterocycles. The van der Waals surface area contributed by atoms with Gasteiger partial charge < -0.3 is 9.47 Å². The number of hydrogen-bond donors (Lipinski definition) is 1. The van der Waals surface area contributed by atoms with Gasteiger partial charge in [-0.2, -0.15) is 0 Å². The first kappa shape index (κ1) is 19.8. The van der Waals surface area contributed by atoms with E-state index in [1.807, 2.05) is 18.2 Å². The number of carbonyl (C=O) groups excluding carboxylic acids is 2. The summed E-state index contributed by atoms with van der Waals surface area (Å²) in [6.07, 6.45) is 6.65. The predicted octanol–water partition coefficient (Wildman–Crippen LogP) is 3.92. The number of rotatable bonds is 10. The first-order valence-electron chi connectivity index (χ1n) is 9.18. The van der Waals surface area contributed by atoms with Gasteiger partial charge in [-0.1, -0.05) is 51.2 Å². The van der Waals surface area contributed by atoms with Gasteiger partial charge in [0.2, 0.25) is 0 Å². The number of para-hydroxylation sites is 1. The number of methoxy groups -OCH3 is 2. The molecular formula is C20H28N2O4. The molecule has 0 atom stereocenters. The van der Waals surface area contributed by atoms with Crippen molar-refractivity contribution >= 4 is 17.7 Å². The van der Waals surface area contributed by atoms with E-state index in [1.54, 1.807) is 13.2 Å². The lowest BCUT2D eigenvalue weighted by atomic mass is 10.1. The molecule has 2 rings (SSSR count). The van der Waals surface area contributed by atoms with Crippen LogP contribution in [0.4, 0.5) is 4.79 Å². The van der Waals surface area contributed by atoms with Crippen LogP contribution in [-0.2, 0) is 9.53 Å². The Morgan fingerprint density at radius 2 is 1.73 bits per heavy atom. The first-order chi connectivity index (χ1) is 12.6. The first-order valence-corrected chi connectivity index (χ1v) is 9.18.